The van der Waals surface area contributed by atoms with Crippen LogP contribution in [0.3, 0.4) is 0 Å². The van der Waals surface area contributed by atoms with E-state index in [2.05, 4.69) is 16.2 Å². The van der Waals surface area contributed by atoms with Gasteiger partial charge in [-0.25, -0.2) is 10.2 Å². The molecule has 120 valence electrons. The third kappa shape index (κ3) is 4.85. The van der Waals surface area contributed by atoms with E-state index >= 15 is 0 Å². The lowest BCUT2D eigenvalue weighted by atomic mass is 9.99. The first-order chi connectivity index (χ1) is 11.1. The van der Waals surface area contributed by atoms with Crippen molar-refractivity contribution >= 4 is 11.9 Å². The lowest BCUT2D eigenvalue weighted by molar-refractivity contribution is 0.0937. The number of urea groups is 1. The van der Waals surface area contributed by atoms with Gasteiger partial charge in [-0.05, 0) is 23.1 Å². The van der Waals surface area contributed by atoms with E-state index in [-0.39, 0.29) is 5.91 Å². The molecule has 2 aromatic carbocycles. The van der Waals surface area contributed by atoms with Crippen molar-refractivity contribution < 1.29 is 9.59 Å². The second-order valence-electron chi connectivity index (χ2n) is 5.59. The molecule has 0 unspecified atom stereocenters. The third-order valence-corrected chi connectivity index (χ3v) is 3.22. The third-order valence-electron chi connectivity index (χ3n) is 3.22. The van der Waals surface area contributed by atoms with Gasteiger partial charge in [0.25, 0.3) is 5.91 Å². The first-order valence-electron chi connectivity index (χ1n) is 7.56. The molecule has 5 nitrogen and oxygen atoms in total. The molecule has 0 heterocycles. The van der Waals surface area contributed by atoms with Gasteiger partial charge in [-0.1, -0.05) is 62.4 Å². The van der Waals surface area contributed by atoms with Gasteiger partial charge in [0.05, 0.1) is 0 Å². The first kappa shape index (κ1) is 16.5. The summed E-state index contributed by atoms with van der Waals surface area (Å²) >= 11 is 0. The average molecular weight is 311 g/mol. The van der Waals surface area contributed by atoms with Crippen LogP contribution in [0.15, 0.2) is 54.6 Å². The van der Waals surface area contributed by atoms with E-state index in [1.54, 1.807) is 12.1 Å². The Hall–Kier alpha value is -2.82. The van der Waals surface area contributed by atoms with Crippen LogP contribution < -0.4 is 16.2 Å². The summed E-state index contributed by atoms with van der Waals surface area (Å²) in [7, 11) is 0. The van der Waals surface area contributed by atoms with Gasteiger partial charge in [-0.3, -0.25) is 10.2 Å². The zero-order valence-corrected chi connectivity index (χ0v) is 13.3. The fourth-order valence-corrected chi connectivity index (χ4v) is 2.07. The van der Waals surface area contributed by atoms with Gasteiger partial charge >= 0.3 is 6.03 Å². The molecule has 0 atom stereocenters. The maximum atomic E-state index is 12.3. The number of benzene rings is 2. The van der Waals surface area contributed by atoms with E-state index in [4.69, 9.17) is 0 Å². The summed E-state index contributed by atoms with van der Waals surface area (Å²) in [6.07, 6.45) is 0. The summed E-state index contributed by atoms with van der Waals surface area (Å²) in [6.45, 7) is 4.53. The van der Waals surface area contributed by atoms with Crippen molar-refractivity contribution in [3.63, 3.8) is 0 Å². The van der Waals surface area contributed by atoms with E-state index in [0.29, 0.717) is 18.0 Å². The minimum atomic E-state index is -0.427. The van der Waals surface area contributed by atoms with E-state index in [0.717, 1.165) is 11.1 Å². The minimum Gasteiger partial charge on any atom is -0.336 e. The molecule has 5 heteroatoms. The Morgan fingerprint density at radius 1 is 0.913 bits per heavy atom. The highest BCUT2D eigenvalue weighted by Crippen LogP contribution is 2.23. The predicted molar refractivity (Wildman–Crippen MR) is 90.7 cm³/mol. The molecule has 0 saturated heterocycles. The Labute approximate surface area is 136 Å². The van der Waals surface area contributed by atoms with Crippen LogP contribution in [-0.2, 0) is 0 Å². The molecule has 0 radical (unpaired) electrons. The van der Waals surface area contributed by atoms with Crippen molar-refractivity contribution in [3.8, 4) is 11.1 Å². The molecule has 0 fully saturated rings. The fourth-order valence-electron chi connectivity index (χ4n) is 2.07. The molecule has 3 amide bonds. The molecule has 0 bridgehead atoms. The summed E-state index contributed by atoms with van der Waals surface area (Å²) in [6, 6.07) is 16.5. The Kier molecular flexibility index (Phi) is 5.74. The maximum absolute atomic E-state index is 12.3. The zero-order valence-electron chi connectivity index (χ0n) is 13.3. The Bertz CT molecular complexity index is 669. The van der Waals surface area contributed by atoms with E-state index in [1.165, 1.54) is 0 Å². The number of rotatable bonds is 4. The second kappa shape index (κ2) is 7.98. The summed E-state index contributed by atoms with van der Waals surface area (Å²) in [5, 5.41) is 2.67. The molecule has 0 aliphatic rings. The molecule has 3 N–H and O–H groups in total. The van der Waals surface area contributed by atoms with Crippen LogP contribution in [0.25, 0.3) is 11.1 Å². The monoisotopic (exact) mass is 311 g/mol. The topological polar surface area (TPSA) is 70.2 Å². The lowest BCUT2D eigenvalue weighted by Gasteiger charge is -2.12. The summed E-state index contributed by atoms with van der Waals surface area (Å²) in [5.74, 6) is -0.0144. The normalized spacial score (nSPS) is 10.2. The number of nitrogens with one attached hydrogen (secondary N) is 3. The van der Waals surface area contributed by atoms with E-state index in [9.17, 15) is 9.59 Å². The van der Waals surface area contributed by atoms with Gasteiger partial charge in [0, 0.05) is 12.1 Å². The molecule has 0 spiro atoms. The minimum absolute atomic E-state index is 0.343. The number of hydrogen-bond acceptors (Lipinski definition) is 2. The molecule has 0 aliphatic heterocycles. The Morgan fingerprint density at radius 2 is 1.57 bits per heavy atom. The maximum Gasteiger partial charge on any atom is 0.333 e. The molecule has 2 rings (SSSR count). The SMILES string of the molecule is CC(C)CNC(=O)NNC(=O)c1ccccc1-c1ccccc1. The summed E-state index contributed by atoms with van der Waals surface area (Å²) in [5.41, 5.74) is 7.06. The average Bonchev–Trinajstić information content (AvgIpc) is 2.58. The van der Waals surface area contributed by atoms with E-state index in [1.807, 2.05) is 56.3 Å². The van der Waals surface area contributed by atoms with Crippen LogP contribution >= 0.6 is 0 Å². The molecule has 0 saturated carbocycles. The van der Waals surface area contributed by atoms with Gasteiger partial charge in [0.2, 0.25) is 0 Å². The molecule has 0 aliphatic carbocycles. The molecule has 2 aromatic rings. The van der Waals surface area contributed by atoms with Crippen LogP contribution in [0.2, 0.25) is 0 Å². The van der Waals surface area contributed by atoms with Gasteiger partial charge in [0.15, 0.2) is 0 Å². The fraction of sp³-hybridized carbons (Fsp3) is 0.222. The highest BCUT2D eigenvalue weighted by atomic mass is 16.2. The molecular weight excluding hydrogens is 290 g/mol. The standard InChI is InChI=1S/C18H21N3O2/c1-13(2)12-19-18(23)21-20-17(22)16-11-7-6-10-15(16)14-8-4-3-5-9-14/h3-11,13H,12H2,1-2H3,(H,20,22)(H2,19,21,23). The van der Waals surface area contributed by atoms with Crippen LogP contribution in [0.5, 0.6) is 0 Å². The predicted octanol–water partition coefficient (Wildman–Crippen LogP) is 2.95. The van der Waals surface area contributed by atoms with Crippen LogP contribution in [0.4, 0.5) is 4.79 Å². The van der Waals surface area contributed by atoms with Crippen molar-refractivity contribution in [3.05, 3.63) is 60.2 Å². The van der Waals surface area contributed by atoms with E-state index < -0.39 is 6.03 Å². The molecule has 23 heavy (non-hydrogen) atoms. The smallest absolute Gasteiger partial charge is 0.333 e. The molecule has 0 aromatic heterocycles. The van der Waals surface area contributed by atoms with Gasteiger partial charge in [-0.15, -0.1) is 0 Å². The van der Waals surface area contributed by atoms with Crippen molar-refractivity contribution in [2.45, 2.75) is 13.8 Å². The highest BCUT2D eigenvalue weighted by Gasteiger charge is 2.12. The molecular formula is C18H21N3O2. The number of carbonyl (C=O) groups excluding carboxylic acids is 2. The van der Waals surface area contributed by atoms with Crippen LogP contribution in [0, 0.1) is 5.92 Å². The number of hydrazine groups is 1. The number of carbonyl (C=O) groups is 2. The largest absolute Gasteiger partial charge is 0.336 e. The van der Waals surface area contributed by atoms with Crippen LogP contribution in [0.1, 0.15) is 24.2 Å². The number of hydrogen-bond donors (Lipinski definition) is 3. The highest BCUT2D eigenvalue weighted by molar-refractivity contribution is 6.01. The zero-order chi connectivity index (χ0) is 16.7. The Balaban J connectivity index is 2.04. The van der Waals surface area contributed by atoms with Crippen molar-refractivity contribution in [2.75, 3.05) is 6.54 Å². The van der Waals surface area contributed by atoms with Gasteiger partial charge in [0.1, 0.15) is 0 Å². The second-order valence-corrected chi connectivity index (χ2v) is 5.59. The van der Waals surface area contributed by atoms with Crippen LogP contribution in [-0.4, -0.2) is 18.5 Å². The van der Waals surface area contributed by atoms with Gasteiger partial charge in [-0.2, -0.15) is 0 Å². The summed E-state index contributed by atoms with van der Waals surface area (Å²) < 4.78 is 0. The first-order valence-corrected chi connectivity index (χ1v) is 7.56. The Morgan fingerprint density at radius 3 is 2.26 bits per heavy atom. The summed E-state index contributed by atoms with van der Waals surface area (Å²) in [4.78, 5) is 23.9. The van der Waals surface area contributed by atoms with Crippen molar-refractivity contribution in [1.29, 1.82) is 0 Å². The number of amides is 3. The lowest BCUT2D eigenvalue weighted by Crippen LogP contribution is -2.47. The quantitative estimate of drug-likeness (QED) is 0.760. The van der Waals surface area contributed by atoms with Crippen molar-refractivity contribution in [1.82, 2.24) is 16.2 Å². The van der Waals surface area contributed by atoms with Gasteiger partial charge < -0.3 is 5.32 Å². The van der Waals surface area contributed by atoms with Crippen molar-refractivity contribution in [2.24, 2.45) is 5.92 Å².